The van der Waals surface area contributed by atoms with Crippen molar-refractivity contribution >= 4 is 23.3 Å². The first-order valence-electron chi connectivity index (χ1n) is 12.8. The fourth-order valence-corrected chi connectivity index (χ4v) is 8.68. The lowest BCUT2D eigenvalue weighted by atomic mass is 9.45. The molecular formula is C29H36ClNO4. The van der Waals surface area contributed by atoms with Gasteiger partial charge in [-0.1, -0.05) is 62.8 Å². The number of aliphatic hydroxyl groups is 2. The van der Waals surface area contributed by atoms with Gasteiger partial charge in [-0.2, -0.15) is 0 Å². The summed E-state index contributed by atoms with van der Waals surface area (Å²) >= 11 is 7.47. The number of hydrogen-bond acceptors (Lipinski definition) is 4. The van der Waals surface area contributed by atoms with Crippen molar-refractivity contribution in [3.05, 3.63) is 59.7 Å². The molecule has 6 heteroatoms. The van der Waals surface area contributed by atoms with Crippen LogP contribution in [-0.2, 0) is 9.59 Å². The average molecular weight is 498 g/mol. The van der Waals surface area contributed by atoms with Crippen molar-refractivity contribution < 1.29 is 19.8 Å². The van der Waals surface area contributed by atoms with Gasteiger partial charge < -0.3 is 15.5 Å². The van der Waals surface area contributed by atoms with Crippen LogP contribution in [0.5, 0.6) is 0 Å². The monoisotopic (exact) mass is 497 g/mol. The van der Waals surface area contributed by atoms with Gasteiger partial charge in [0.2, 0.25) is 0 Å². The molecule has 0 radical (unpaired) electrons. The molecule has 188 valence electrons. The molecule has 3 fully saturated rings. The van der Waals surface area contributed by atoms with Crippen molar-refractivity contribution in [2.75, 3.05) is 0 Å². The Hall–Kier alpha value is -1.95. The summed E-state index contributed by atoms with van der Waals surface area (Å²) in [6.45, 7) is 7.84. The first-order valence-corrected chi connectivity index (χ1v) is 13.2. The summed E-state index contributed by atoms with van der Waals surface area (Å²) in [7, 11) is 0. The Balaban J connectivity index is 1.50. The molecule has 35 heavy (non-hydrogen) atoms. The molecule has 0 saturated heterocycles. The van der Waals surface area contributed by atoms with Gasteiger partial charge in [-0.3, -0.25) is 9.59 Å². The van der Waals surface area contributed by atoms with E-state index < -0.39 is 27.4 Å². The van der Waals surface area contributed by atoms with Gasteiger partial charge in [0.15, 0.2) is 11.4 Å². The molecule has 1 aromatic carbocycles. The smallest absolute Gasteiger partial charge is 0.253 e. The SMILES string of the molecule is C[C@H](NC(=O)[C@@]1(O)[C@H](C)CC2C3CCC4=CC(=O)C=CC4(C)[C@@]3(Cl)[C@@H](O)CC21C)c1ccccc1. The number of halogens is 1. The third-order valence-corrected chi connectivity index (χ3v) is 11.1. The van der Waals surface area contributed by atoms with Crippen molar-refractivity contribution in [1.82, 2.24) is 5.32 Å². The normalized spacial score (nSPS) is 45.1. The van der Waals surface area contributed by atoms with Gasteiger partial charge >= 0.3 is 0 Å². The third kappa shape index (κ3) is 3.14. The molecular weight excluding hydrogens is 462 g/mol. The summed E-state index contributed by atoms with van der Waals surface area (Å²) in [5, 5.41) is 26.9. The maximum absolute atomic E-state index is 13.8. The summed E-state index contributed by atoms with van der Waals surface area (Å²) in [6.07, 6.45) is 6.46. The van der Waals surface area contributed by atoms with E-state index in [4.69, 9.17) is 11.6 Å². The maximum atomic E-state index is 13.8. The van der Waals surface area contributed by atoms with Gasteiger partial charge in [-0.25, -0.2) is 0 Å². The molecule has 4 unspecified atom stereocenters. The fourth-order valence-electron chi connectivity index (χ4n) is 8.16. The minimum atomic E-state index is -1.63. The van der Waals surface area contributed by atoms with Crippen molar-refractivity contribution in [1.29, 1.82) is 0 Å². The van der Waals surface area contributed by atoms with Gasteiger partial charge in [0.1, 0.15) is 0 Å². The zero-order valence-electron chi connectivity index (χ0n) is 20.9. The number of fused-ring (bicyclic) bond motifs is 5. The summed E-state index contributed by atoms with van der Waals surface area (Å²) < 4.78 is 0. The Kier molecular flexibility index (Phi) is 5.67. The van der Waals surface area contributed by atoms with E-state index in [0.717, 1.165) is 17.6 Å². The van der Waals surface area contributed by atoms with Crippen molar-refractivity contribution in [2.45, 2.75) is 76.0 Å². The number of amides is 1. The molecule has 9 atom stereocenters. The zero-order valence-corrected chi connectivity index (χ0v) is 21.7. The van der Waals surface area contributed by atoms with Gasteiger partial charge in [0, 0.05) is 10.8 Å². The summed E-state index contributed by atoms with van der Waals surface area (Å²) in [5.41, 5.74) is -1.18. The Morgan fingerprint density at radius 2 is 1.89 bits per heavy atom. The summed E-state index contributed by atoms with van der Waals surface area (Å²) in [5.74, 6) is -0.856. The van der Waals surface area contributed by atoms with Crippen LogP contribution in [-0.4, -0.2) is 38.5 Å². The van der Waals surface area contributed by atoms with E-state index in [9.17, 15) is 19.8 Å². The lowest BCUT2D eigenvalue weighted by molar-refractivity contribution is -0.180. The average Bonchev–Trinajstić information content (AvgIpc) is 3.02. The molecule has 4 aliphatic rings. The summed E-state index contributed by atoms with van der Waals surface area (Å²) in [4.78, 5) is 24.8. The molecule has 1 aromatic rings. The second-order valence-corrected chi connectivity index (χ2v) is 12.4. The molecule has 0 aliphatic heterocycles. The number of carbonyl (C=O) groups excluding carboxylic acids is 2. The van der Waals surface area contributed by atoms with E-state index in [1.807, 2.05) is 64.1 Å². The van der Waals surface area contributed by atoms with Gasteiger partial charge in [0.05, 0.1) is 17.0 Å². The van der Waals surface area contributed by atoms with Gasteiger partial charge in [0.25, 0.3) is 5.91 Å². The molecule has 1 amide bonds. The van der Waals surface area contributed by atoms with Crippen LogP contribution in [0, 0.1) is 28.6 Å². The lowest BCUT2D eigenvalue weighted by Crippen LogP contribution is -2.69. The van der Waals surface area contributed by atoms with Gasteiger partial charge in [-0.05, 0) is 68.1 Å². The highest BCUT2D eigenvalue weighted by atomic mass is 35.5. The topological polar surface area (TPSA) is 86.6 Å². The maximum Gasteiger partial charge on any atom is 0.253 e. The van der Waals surface area contributed by atoms with Crippen LogP contribution < -0.4 is 5.32 Å². The summed E-state index contributed by atoms with van der Waals surface area (Å²) in [6, 6.07) is 9.45. The van der Waals surface area contributed by atoms with E-state index in [0.29, 0.717) is 12.8 Å². The molecule has 0 aromatic heterocycles. The Labute approximate surface area is 212 Å². The second kappa shape index (κ2) is 8.03. The number of rotatable bonds is 3. The Morgan fingerprint density at radius 1 is 1.20 bits per heavy atom. The Morgan fingerprint density at radius 3 is 2.57 bits per heavy atom. The number of ketones is 1. The molecule has 0 spiro atoms. The van der Waals surface area contributed by atoms with Crippen LogP contribution in [0.25, 0.3) is 0 Å². The van der Waals surface area contributed by atoms with E-state index in [2.05, 4.69) is 5.32 Å². The minimum Gasteiger partial charge on any atom is -0.391 e. The van der Waals surface area contributed by atoms with E-state index in [1.54, 1.807) is 12.2 Å². The largest absolute Gasteiger partial charge is 0.391 e. The molecule has 0 heterocycles. The van der Waals surface area contributed by atoms with Gasteiger partial charge in [-0.15, -0.1) is 11.6 Å². The lowest BCUT2D eigenvalue weighted by Gasteiger charge is -2.63. The molecule has 0 bridgehead atoms. The number of benzene rings is 1. The number of carbonyl (C=O) groups is 2. The zero-order chi connectivity index (χ0) is 25.4. The van der Waals surface area contributed by atoms with Crippen LogP contribution >= 0.6 is 11.6 Å². The molecule has 4 aliphatic carbocycles. The number of alkyl halides is 1. The predicted molar refractivity (Wildman–Crippen MR) is 136 cm³/mol. The number of nitrogens with one attached hydrogen (secondary N) is 1. The first kappa shape index (κ1) is 24.7. The highest BCUT2D eigenvalue weighted by Gasteiger charge is 2.74. The quantitative estimate of drug-likeness (QED) is 0.537. The second-order valence-electron chi connectivity index (χ2n) is 11.8. The molecule has 5 rings (SSSR count). The Bertz CT molecular complexity index is 1120. The fraction of sp³-hybridized carbons (Fsp3) is 0.586. The third-order valence-electron chi connectivity index (χ3n) is 10.2. The van der Waals surface area contributed by atoms with Crippen LogP contribution in [0.1, 0.15) is 65.0 Å². The highest BCUT2D eigenvalue weighted by molar-refractivity contribution is 6.26. The predicted octanol–water partition coefficient (Wildman–Crippen LogP) is 4.48. The van der Waals surface area contributed by atoms with E-state index in [-0.39, 0.29) is 41.9 Å². The van der Waals surface area contributed by atoms with Crippen molar-refractivity contribution in [3.63, 3.8) is 0 Å². The van der Waals surface area contributed by atoms with Crippen LogP contribution in [0.2, 0.25) is 0 Å². The molecule has 3 saturated carbocycles. The number of hydrogen-bond donors (Lipinski definition) is 3. The van der Waals surface area contributed by atoms with E-state index >= 15 is 0 Å². The number of allylic oxidation sites excluding steroid dienone is 4. The number of aliphatic hydroxyl groups excluding tert-OH is 1. The van der Waals surface area contributed by atoms with E-state index in [1.165, 1.54) is 0 Å². The highest BCUT2D eigenvalue weighted by Crippen LogP contribution is 2.71. The minimum absolute atomic E-state index is 0.0365. The van der Waals surface area contributed by atoms with Crippen LogP contribution in [0.15, 0.2) is 54.1 Å². The first-order chi connectivity index (χ1) is 16.4. The van der Waals surface area contributed by atoms with Crippen molar-refractivity contribution in [3.8, 4) is 0 Å². The molecule has 5 nitrogen and oxygen atoms in total. The van der Waals surface area contributed by atoms with Crippen molar-refractivity contribution in [2.24, 2.45) is 28.6 Å². The standard InChI is InChI=1S/C29H36ClNO4/c1-17-14-23-22-11-10-20-15-21(32)12-13-26(20,3)28(22,30)24(33)16-27(23,4)29(17,35)25(34)31-18(2)19-8-6-5-7-9-19/h5-9,12-13,15,17-18,22-24,33,35H,10-11,14,16H2,1-4H3,(H,31,34)/t17-,18+,22?,23?,24+,26?,27?,28+,29+/m1/s1. The molecule has 3 N–H and O–H groups in total. The van der Waals surface area contributed by atoms with Crippen LogP contribution in [0.4, 0.5) is 0 Å². The van der Waals surface area contributed by atoms with Crippen LogP contribution in [0.3, 0.4) is 0 Å².